The third kappa shape index (κ3) is 1.12. The second-order valence-electron chi connectivity index (χ2n) is 3.12. The molecule has 64 valence electrons. The fraction of sp³-hybridized carbons (Fsp3) is 0.333. The Hall–Kier alpha value is -1.22. The van der Waals surface area contributed by atoms with Crippen LogP contribution in [-0.4, -0.2) is 17.8 Å². The van der Waals surface area contributed by atoms with Crippen molar-refractivity contribution in [2.45, 2.75) is 6.04 Å². The first-order valence-electron chi connectivity index (χ1n) is 4.03. The molecule has 2 atom stereocenters. The molecule has 2 rings (SSSR count). The van der Waals surface area contributed by atoms with Crippen molar-refractivity contribution in [1.29, 1.82) is 0 Å². The summed E-state index contributed by atoms with van der Waals surface area (Å²) < 4.78 is 0. The second-order valence-corrected chi connectivity index (χ2v) is 3.12. The topological polar surface area (TPSA) is 58.3 Å². The summed E-state index contributed by atoms with van der Waals surface area (Å²) in [4.78, 5) is 0. The van der Waals surface area contributed by atoms with Crippen LogP contribution in [0.2, 0.25) is 0 Å². The standard InChI is InChI=1S/C9H12N2O/c10-7-1-2-9-6(3-7)4-8(5-12)11-9/h1-4,6,9,11-12H,5,10H2. The Bertz CT molecular complexity index is 278. The number of aliphatic hydroxyl groups is 1. The van der Waals surface area contributed by atoms with E-state index in [4.69, 9.17) is 10.8 Å². The SMILES string of the molecule is NC1=CC2C=C(CO)NC2C=C1. The Labute approximate surface area is 71.3 Å². The van der Waals surface area contributed by atoms with Crippen LogP contribution in [0.1, 0.15) is 0 Å². The highest BCUT2D eigenvalue weighted by atomic mass is 16.3. The van der Waals surface area contributed by atoms with Crippen LogP contribution in [0, 0.1) is 5.92 Å². The molecule has 1 aliphatic heterocycles. The maximum atomic E-state index is 8.87. The van der Waals surface area contributed by atoms with Crippen LogP contribution < -0.4 is 11.1 Å². The molecule has 0 radical (unpaired) electrons. The van der Waals surface area contributed by atoms with Crippen LogP contribution in [0.25, 0.3) is 0 Å². The Morgan fingerprint density at radius 2 is 2.33 bits per heavy atom. The van der Waals surface area contributed by atoms with Crippen LogP contribution in [0.3, 0.4) is 0 Å². The zero-order valence-electron chi connectivity index (χ0n) is 6.70. The normalized spacial score (nSPS) is 32.1. The molecule has 0 aromatic rings. The second kappa shape index (κ2) is 2.68. The number of nitrogens with two attached hydrogens (primary N) is 1. The molecular formula is C9H12N2O. The average molecular weight is 164 g/mol. The molecule has 0 bridgehead atoms. The third-order valence-electron chi connectivity index (χ3n) is 2.21. The minimum absolute atomic E-state index is 0.0780. The van der Waals surface area contributed by atoms with E-state index < -0.39 is 0 Å². The lowest BCUT2D eigenvalue weighted by Gasteiger charge is -2.17. The van der Waals surface area contributed by atoms with Gasteiger partial charge in [-0.15, -0.1) is 0 Å². The number of allylic oxidation sites excluding steroid dienone is 1. The van der Waals surface area contributed by atoms with Gasteiger partial charge in [-0.05, 0) is 6.08 Å². The van der Waals surface area contributed by atoms with Crippen LogP contribution in [0.5, 0.6) is 0 Å². The lowest BCUT2D eigenvalue weighted by molar-refractivity contribution is 0.322. The minimum Gasteiger partial charge on any atom is -0.399 e. The van der Waals surface area contributed by atoms with Gasteiger partial charge in [-0.3, -0.25) is 0 Å². The van der Waals surface area contributed by atoms with E-state index in [0.29, 0.717) is 12.0 Å². The van der Waals surface area contributed by atoms with Crippen LogP contribution >= 0.6 is 0 Å². The summed E-state index contributed by atoms with van der Waals surface area (Å²) in [5, 5.41) is 12.1. The molecule has 0 amide bonds. The van der Waals surface area contributed by atoms with Crippen molar-refractivity contribution in [3.63, 3.8) is 0 Å². The van der Waals surface area contributed by atoms with Crippen molar-refractivity contribution in [1.82, 2.24) is 5.32 Å². The highest BCUT2D eigenvalue weighted by molar-refractivity contribution is 5.33. The summed E-state index contributed by atoms with van der Waals surface area (Å²) in [6.45, 7) is 0.0780. The summed E-state index contributed by atoms with van der Waals surface area (Å²) in [6.07, 6.45) is 7.93. The molecule has 12 heavy (non-hydrogen) atoms. The largest absolute Gasteiger partial charge is 0.399 e. The molecule has 1 aliphatic carbocycles. The fourth-order valence-corrected chi connectivity index (χ4v) is 1.61. The van der Waals surface area contributed by atoms with Crippen molar-refractivity contribution < 1.29 is 5.11 Å². The van der Waals surface area contributed by atoms with Gasteiger partial charge in [0.1, 0.15) is 0 Å². The predicted molar refractivity (Wildman–Crippen MR) is 47.0 cm³/mol. The first-order valence-corrected chi connectivity index (χ1v) is 4.03. The van der Waals surface area contributed by atoms with Crippen molar-refractivity contribution in [3.05, 3.63) is 35.7 Å². The van der Waals surface area contributed by atoms with Gasteiger partial charge in [-0.25, -0.2) is 0 Å². The van der Waals surface area contributed by atoms with E-state index in [-0.39, 0.29) is 6.61 Å². The van der Waals surface area contributed by atoms with Gasteiger partial charge in [0.25, 0.3) is 0 Å². The molecule has 0 aromatic heterocycles. The molecule has 0 spiro atoms. The fourth-order valence-electron chi connectivity index (χ4n) is 1.61. The molecule has 3 heteroatoms. The van der Waals surface area contributed by atoms with Crippen LogP contribution in [-0.2, 0) is 0 Å². The van der Waals surface area contributed by atoms with Gasteiger partial charge >= 0.3 is 0 Å². The molecule has 3 nitrogen and oxygen atoms in total. The van der Waals surface area contributed by atoms with Gasteiger partial charge in [-0.1, -0.05) is 18.2 Å². The zero-order chi connectivity index (χ0) is 8.55. The van der Waals surface area contributed by atoms with E-state index in [0.717, 1.165) is 11.4 Å². The van der Waals surface area contributed by atoms with Crippen LogP contribution in [0.4, 0.5) is 0 Å². The van der Waals surface area contributed by atoms with Gasteiger partial charge in [0.15, 0.2) is 0 Å². The summed E-state index contributed by atoms with van der Waals surface area (Å²) in [6, 6.07) is 0.291. The van der Waals surface area contributed by atoms with E-state index in [1.807, 2.05) is 24.3 Å². The molecule has 0 saturated carbocycles. The quantitative estimate of drug-likeness (QED) is 0.505. The monoisotopic (exact) mass is 164 g/mol. The zero-order valence-corrected chi connectivity index (χ0v) is 6.70. The van der Waals surface area contributed by atoms with Crippen LogP contribution in [0.15, 0.2) is 35.7 Å². The van der Waals surface area contributed by atoms with Gasteiger partial charge in [0.2, 0.25) is 0 Å². The molecule has 1 heterocycles. The maximum absolute atomic E-state index is 8.87. The Kier molecular flexibility index (Phi) is 1.66. The molecule has 0 saturated heterocycles. The van der Waals surface area contributed by atoms with Gasteiger partial charge < -0.3 is 16.2 Å². The molecule has 0 fully saturated rings. The maximum Gasteiger partial charge on any atom is 0.0824 e. The van der Waals surface area contributed by atoms with E-state index in [9.17, 15) is 0 Å². The number of rotatable bonds is 1. The minimum atomic E-state index is 0.0780. The van der Waals surface area contributed by atoms with Crippen molar-refractivity contribution in [3.8, 4) is 0 Å². The Morgan fingerprint density at radius 1 is 1.50 bits per heavy atom. The van der Waals surface area contributed by atoms with Gasteiger partial charge in [-0.2, -0.15) is 0 Å². The molecular weight excluding hydrogens is 152 g/mol. The lowest BCUT2D eigenvalue weighted by atomic mass is 9.96. The first-order chi connectivity index (χ1) is 5.79. The lowest BCUT2D eigenvalue weighted by Crippen LogP contribution is -2.28. The Balaban J connectivity index is 2.19. The molecule has 4 N–H and O–H groups in total. The van der Waals surface area contributed by atoms with Crippen molar-refractivity contribution >= 4 is 0 Å². The van der Waals surface area contributed by atoms with Gasteiger partial charge in [0, 0.05) is 17.3 Å². The van der Waals surface area contributed by atoms with E-state index in [1.165, 1.54) is 0 Å². The van der Waals surface area contributed by atoms with E-state index in [2.05, 4.69) is 5.32 Å². The van der Waals surface area contributed by atoms with E-state index >= 15 is 0 Å². The number of nitrogens with one attached hydrogen (secondary N) is 1. The van der Waals surface area contributed by atoms with Crippen molar-refractivity contribution in [2.24, 2.45) is 11.7 Å². The van der Waals surface area contributed by atoms with E-state index in [1.54, 1.807) is 0 Å². The summed E-state index contributed by atoms with van der Waals surface area (Å²) in [7, 11) is 0. The highest BCUT2D eigenvalue weighted by Crippen LogP contribution is 2.23. The number of aliphatic hydroxyl groups excluding tert-OH is 1. The molecule has 2 unspecified atom stereocenters. The summed E-state index contributed by atoms with van der Waals surface area (Å²) in [5.41, 5.74) is 7.32. The average Bonchev–Trinajstić information content (AvgIpc) is 2.46. The Morgan fingerprint density at radius 3 is 3.08 bits per heavy atom. The number of hydrogen-bond acceptors (Lipinski definition) is 3. The van der Waals surface area contributed by atoms with Gasteiger partial charge in [0.05, 0.1) is 12.6 Å². The first kappa shape index (κ1) is 7.43. The summed E-state index contributed by atoms with van der Waals surface area (Å²) in [5.74, 6) is 0.317. The van der Waals surface area contributed by atoms with Crippen molar-refractivity contribution in [2.75, 3.05) is 6.61 Å². The molecule has 2 aliphatic rings. The molecule has 0 aromatic carbocycles. The summed E-state index contributed by atoms with van der Waals surface area (Å²) >= 11 is 0. The smallest absolute Gasteiger partial charge is 0.0824 e. The predicted octanol–water partition coefficient (Wildman–Crippen LogP) is -0.137. The third-order valence-corrected chi connectivity index (χ3v) is 2.21. The number of hydrogen-bond donors (Lipinski definition) is 3. The highest BCUT2D eigenvalue weighted by Gasteiger charge is 2.24. The number of fused-ring (bicyclic) bond motifs is 1.